The summed E-state index contributed by atoms with van der Waals surface area (Å²) in [6.45, 7) is -1.47. The smallest absolute Gasteiger partial charge is 0.422 e. The minimum absolute atomic E-state index is 0.0196. The van der Waals surface area contributed by atoms with Crippen LogP contribution in [0.3, 0.4) is 0 Å². The highest BCUT2D eigenvalue weighted by molar-refractivity contribution is 7.99. The number of anilines is 1. The number of aromatic nitrogens is 3. The Kier molecular flexibility index (Phi) is 6.38. The maximum absolute atomic E-state index is 12.4. The minimum Gasteiger partial charge on any atom is -0.493 e. The van der Waals surface area contributed by atoms with E-state index in [9.17, 15) is 18.0 Å². The molecular formula is C17H14ClF3N4O3S. The molecule has 2 N–H and O–H groups in total. The van der Waals surface area contributed by atoms with Crippen molar-refractivity contribution in [2.45, 2.75) is 11.3 Å². The van der Waals surface area contributed by atoms with Crippen LogP contribution < -0.4 is 14.8 Å². The second-order valence-corrected chi connectivity index (χ2v) is 7.02. The summed E-state index contributed by atoms with van der Waals surface area (Å²) in [5, 5.41) is 3.40. The molecule has 0 fully saturated rings. The lowest BCUT2D eigenvalue weighted by molar-refractivity contribution is -0.153. The first-order valence-corrected chi connectivity index (χ1v) is 9.41. The molecule has 0 saturated carbocycles. The number of halogens is 4. The Morgan fingerprint density at radius 2 is 2.10 bits per heavy atom. The van der Waals surface area contributed by atoms with Gasteiger partial charge in [0.05, 0.1) is 30.1 Å². The summed E-state index contributed by atoms with van der Waals surface area (Å²) in [4.78, 5) is 23.4. The molecule has 0 aliphatic rings. The number of H-pyrrole nitrogens is 1. The fraction of sp³-hybridized carbons (Fsp3) is 0.235. The number of hydrogen-bond acceptors (Lipinski definition) is 6. The van der Waals surface area contributed by atoms with Crippen LogP contribution in [-0.4, -0.2) is 46.5 Å². The largest absolute Gasteiger partial charge is 0.493 e. The molecule has 7 nitrogen and oxygen atoms in total. The minimum atomic E-state index is -4.49. The molecule has 0 radical (unpaired) electrons. The van der Waals surface area contributed by atoms with Gasteiger partial charge in [0.25, 0.3) is 0 Å². The zero-order valence-electron chi connectivity index (χ0n) is 14.8. The van der Waals surface area contributed by atoms with Crippen molar-refractivity contribution >= 4 is 46.0 Å². The van der Waals surface area contributed by atoms with Gasteiger partial charge in [0.1, 0.15) is 5.15 Å². The number of nitrogens with zero attached hydrogens (tertiary/aromatic N) is 2. The number of nitrogens with one attached hydrogen (secondary N) is 2. The Hall–Kier alpha value is -2.66. The van der Waals surface area contributed by atoms with E-state index in [1.54, 1.807) is 6.07 Å². The van der Waals surface area contributed by atoms with E-state index in [1.807, 2.05) is 0 Å². The summed E-state index contributed by atoms with van der Waals surface area (Å²) in [7, 11) is 1.31. The van der Waals surface area contributed by atoms with Crippen LogP contribution in [0.5, 0.6) is 11.5 Å². The molecule has 1 amide bonds. The van der Waals surface area contributed by atoms with Crippen LogP contribution in [0.4, 0.5) is 18.9 Å². The third-order valence-electron chi connectivity index (χ3n) is 3.49. The fourth-order valence-corrected chi connectivity index (χ4v) is 3.12. The van der Waals surface area contributed by atoms with Gasteiger partial charge in [-0.1, -0.05) is 23.4 Å². The molecule has 0 bridgehead atoms. The van der Waals surface area contributed by atoms with Crippen LogP contribution in [0.15, 0.2) is 35.6 Å². The number of imidazole rings is 1. The Morgan fingerprint density at radius 3 is 2.83 bits per heavy atom. The predicted molar refractivity (Wildman–Crippen MR) is 103 cm³/mol. The van der Waals surface area contributed by atoms with E-state index >= 15 is 0 Å². The van der Waals surface area contributed by atoms with E-state index in [2.05, 4.69) is 20.3 Å². The van der Waals surface area contributed by atoms with E-state index in [-0.39, 0.29) is 28.8 Å². The number of aromatic amines is 1. The maximum atomic E-state index is 12.4. The lowest BCUT2D eigenvalue weighted by atomic mass is 10.2. The number of benzene rings is 1. The summed E-state index contributed by atoms with van der Waals surface area (Å²) < 4.78 is 46.9. The first kappa shape index (κ1) is 21.1. The van der Waals surface area contributed by atoms with Crippen LogP contribution in [0.1, 0.15) is 0 Å². The number of fused-ring (bicyclic) bond motifs is 1. The molecule has 2 heterocycles. The van der Waals surface area contributed by atoms with Gasteiger partial charge in [0.15, 0.2) is 23.3 Å². The third-order valence-corrected chi connectivity index (χ3v) is 4.57. The predicted octanol–water partition coefficient (Wildman–Crippen LogP) is 4.29. The van der Waals surface area contributed by atoms with Crippen LogP contribution in [0.25, 0.3) is 11.0 Å². The van der Waals surface area contributed by atoms with Crippen molar-refractivity contribution < 1.29 is 27.4 Å². The van der Waals surface area contributed by atoms with Crippen molar-refractivity contribution in [3.63, 3.8) is 0 Å². The zero-order valence-corrected chi connectivity index (χ0v) is 16.4. The van der Waals surface area contributed by atoms with E-state index in [4.69, 9.17) is 21.1 Å². The summed E-state index contributed by atoms with van der Waals surface area (Å²) in [5.74, 6) is -0.363. The molecule has 0 spiro atoms. The average molecular weight is 447 g/mol. The Morgan fingerprint density at radius 1 is 1.31 bits per heavy atom. The lowest BCUT2D eigenvalue weighted by Gasteiger charge is -2.14. The van der Waals surface area contributed by atoms with Crippen molar-refractivity contribution in [1.29, 1.82) is 0 Å². The van der Waals surface area contributed by atoms with Gasteiger partial charge in [-0.05, 0) is 12.1 Å². The number of amides is 1. The SMILES string of the molecule is COc1ccc(NC(=O)CSc2nc3cc(Cl)ncc3[nH]2)cc1OCC(F)(F)F. The number of methoxy groups -OCH3 is 1. The molecule has 0 atom stereocenters. The first-order valence-electron chi connectivity index (χ1n) is 8.05. The standard InChI is InChI=1S/C17H14ClF3N4O3S/c1-27-12-3-2-9(4-13(12)28-8-17(19,20)21)23-15(26)7-29-16-24-10-5-14(18)22-6-11(10)25-16/h2-6H,7-8H2,1H3,(H,23,26)(H,24,25). The Bertz CT molecular complexity index is 1030. The maximum Gasteiger partial charge on any atom is 0.422 e. The van der Waals surface area contributed by atoms with Crippen molar-refractivity contribution in [3.05, 3.63) is 35.6 Å². The second kappa shape index (κ2) is 8.78. The number of alkyl halides is 3. The van der Waals surface area contributed by atoms with E-state index in [0.29, 0.717) is 21.3 Å². The van der Waals surface area contributed by atoms with Gasteiger partial charge in [0.2, 0.25) is 5.91 Å². The molecule has 12 heteroatoms. The normalized spacial score (nSPS) is 11.5. The lowest BCUT2D eigenvalue weighted by Crippen LogP contribution is -2.19. The highest BCUT2D eigenvalue weighted by Gasteiger charge is 2.29. The molecule has 29 heavy (non-hydrogen) atoms. The summed E-state index contributed by atoms with van der Waals surface area (Å²) in [6.07, 6.45) is -2.96. The molecule has 0 aliphatic carbocycles. The molecule has 154 valence electrons. The van der Waals surface area contributed by atoms with Crippen LogP contribution in [0.2, 0.25) is 5.15 Å². The van der Waals surface area contributed by atoms with Crippen molar-refractivity contribution in [2.24, 2.45) is 0 Å². The zero-order chi connectivity index (χ0) is 21.0. The Labute approximate surface area is 172 Å². The van der Waals surface area contributed by atoms with Crippen molar-refractivity contribution in [1.82, 2.24) is 15.0 Å². The summed E-state index contributed by atoms with van der Waals surface area (Å²) in [6, 6.07) is 5.76. The summed E-state index contributed by atoms with van der Waals surface area (Å²) in [5.41, 5.74) is 1.57. The van der Waals surface area contributed by atoms with Crippen molar-refractivity contribution in [2.75, 3.05) is 24.8 Å². The van der Waals surface area contributed by atoms with Gasteiger partial charge in [0, 0.05) is 17.8 Å². The molecule has 1 aromatic carbocycles. The van der Waals surface area contributed by atoms with E-state index < -0.39 is 12.8 Å². The number of ether oxygens (including phenoxy) is 2. The quantitative estimate of drug-likeness (QED) is 0.415. The first-order chi connectivity index (χ1) is 13.7. The average Bonchev–Trinajstić information content (AvgIpc) is 3.06. The fourth-order valence-electron chi connectivity index (χ4n) is 2.29. The van der Waals surface area contributed by atoms with Gasteiger partial charge in [-0.3, -0.25) is 4.79 Å². The highest BCUT2D eigenvalue weighted by Crippen LogP contribution is 2.32. The third kappa shape index (κ3) is 5.91. The molecule has 3 aromatic rings. The number of carbonyl (C=O) groups excluding carboxylic acids is 1. The van der Waals surface area contributed by atoms with Gasteiger partial charge >= 0.3 is 6.18 Å². The Balaban J connectivity index is 1.61. The second-order valence-electron chi connectivity index (χ2n) is 5.67. The summed E-state index contributed by atoms with van der Waals surface area (Å²) >= 11 is 6.96. The van der Waals surface area contributed by atoms with Crippen LogP contribution in [-0.2, 0) is 4.79 Å². The van der Waals surface area contributed by atoms with Gasteiger partial charge in [-0.15, -0.1) is 0 Å². The van der Waals surface area contributed by atoms with Crippen molar-refractivity contribution in [3.8, 4) is 11.5 Å². The highest BCUT2D eigenvalue weighted by atomic mass is 35.5. The van der Waals surface area contributed by atoms with E-state index in [1.165, 1.54) is 31.5 Å². The number of rotatable bonds is 7. The molecule has 2 aromatic heterocycles. The van der Waals surface area contributed by atoms with E-state index in [0.717, 1.165) is 11.8 Å². The monoisotopic (exact) mass is 446 g/mol. The molecule has 0 saturated heterocycles. The van der Waals surface area contributed by atoms with Gasteiger partial charge < -0.3 is 19.8 Å². The van der Waals surface area contributed by atoms with Crippen LogP contribution in [0, 0.1) is 0 Å². The number of carbonyl (C=O) groups is 1. The number of thioether (sulfide) groups is 1. The van der Waals surface area contributed by atoms with Crippen LogP contribution >= 0.6 is 23.4 Å². The number of hydrogen-bond donors (Lipinski definition) is 2. The topological polar surface area (TPSA) is 89.1 Å². The molecule has 0 unspecified atom stereocenters. The van der Waals surface area contributed by atoms with Gasteiger partial charge in [-0.2, -0.15) is 13.2 Å². The number of pyridine rings is 1. The molecule has 0 aliphatic heterocycles. The molecular weight excluding hydrogens is 433 g/mol. The van der Waals surface area contributed by atoms with Gasteiger partial charge in [-0.25, -0.2) is 9.97 Å². The molecule has 3 rings (SSSR count).